The molecule has 0 saturated heterocycles. The summed E-state index contributed by atoms with van der Waals surface area (Å²) in [4.78, 5) is 49.5. The van der Waals surface area contributed by atoms with E-state index in [2.05, 4.69) is 15.6 Å². The van der Waals surface area contributed by atoms with Gasteiger partial charge >= 0.3 is 12.0 Å². The number of carbonyl (C=O) groups excluding carboxylic acids is 4. The highest BCUT2D eigenvalue weighted by Crippen LogP contribution is 1.97. The van der Waals surface area contributed by atoms with E-state index in [0.717, 1.165) is 0 Å². The van der Waals surface area contributed by atoms with Crippen molar-refractivity contribution in [3.63, 3.8) is 0 Å². The second kappa shape index (κ2) is 9.13. The number of amides is 4. The lowest BCUT2D eigenvalue weighted by atomic mass is 10.2. The van der Waals surface area contributed by atoms with Crippen molar-refractivity contribution in [3.8, 4) is 0 Å². The van der Waals surface area contributed by atoms with Crippen molar-refractivity contribution < 1.29 is 23.9 Å². The molecule has 1 atom stereocenters. The van der Waals surface area contributed by atoms with Crippen LogP contribution in [0.2, 0.25) is 0 Å². The largest absolute Gasteiger partial charge is 0.452 e. The molecule has 9 heteroatoms. The average molecular weight is 322 g/mol. The van der Waals surface area contributed by atoms with Gasteiger partial charge in [0, 0.05) is 31.5 Å². The molecule has 1 unspecified atom stereocenters. The van der Waals surface area contributed by atoms with Gasteiger partial charge in [-0.15, -0.1) is 0 Å². The quantitative estimate of drug-likeness (QED) is 0.611. The predicted molar refractivity (Wildman–Crippen MR) is 79.3 cm³/mol. The molecular weight excluding hydrogens is 304 g/mol. The number of aromatic nitrogens is 1. The highest BCUT2D eigenvalue weighted by atomic mass is 16.5. The molecule has 124 valence electrons. The fourth-order valence-corrected chi connectivity index (χ4v) is 1.47. The number of esters is 1. The van der Waals surface area contributed by atoms with E-state index in [9.17, 15) is 19.2 Å². The number of ether oxygens (including phenoxy) is 1. The van der Waals surface area contributed by atoms with Crippen LogP contribution in [-0.2, 0) is 14.3 Å². The van der Waals surface area contributed by atoms with Crippen molar-refractivity contribution >= 4 is 23.8 Å². The number of carbonyl (C=O) groups is 4. The van der Waals surface area contributed by atoms with Gasteiger partial charge in [0.25, 0.3) is 11.8 Å². The van der Waals surface area contributed by atoms with Gasteiger partial charge in [0.1, 0.15) is 0 Å². The lowest BCUT2D eigenvalue weighted by Gasteiger charge is -2.12. The smallest absolute Gasteiger partial charge is 0.321 e. The number of hydrogen-bond acceptors (Lipinski definition) is 6. The van der Waals surface area contributed by atoms with E-state index in [1.54, 1.807) is 12.1 Å². The third-order valence-electron chi connectivity index (χ3n) is 2.70. The number of urea groups is 1. The molecule has 0 radical (unpaired) electrons. The molecule has 23 heavy (non-hydrogen) atoms. The number of hydrogen-bond donors (Lipinski definition) is 3. The average Bonchev–Trinajstić information content (AvgIpc) is 2.55. The van der Waals surface area contributed by atoms with E-state index < -0.39 is 24.0 Å². The molecule has 0 aliphatic rings. The monoisotopic (exact) mass is 322 g/mol. The van der Waals surface area contributed by atoms with E-state index in [4.69, 9.17) is 4.74 Å². The standard InChI is InChI=1S/C14H18N4O5/c1-9(12(20)18-14(22)15-2)23-11(19)5-8-17-13(21)10-3-6-16-7-4-10/h3-4,6-7,9H,5,8H2,1-2H3,(H,17,21)(H2,15,18,20,22). The molecule has 0 aromatic carbocycles. The van der Waals surface area contributed by atoms with E-state index in [1.807, 2.05) is 5.32 Å². The minimum atomic E-state index is -1.12. The van der Waals surface area contributed by atoms with Crippen molar-refractivity contribution in [2.75, 3.05) is 13.6 Å². The van der Waals surface area contributed by atoms with Crippen molar-refractivity contribution in [2.24, 2.45) is 0 Å². The van der Waals surface area contributed by atoms with Crippen LogP contribution in [0.3, 0.4) is 0 Å². The molecule has 4 amide bonds. The summed E-state index contributed by atoms with van der Waals surface area (Å²) in [5.74, 6) is -1.75. The fraction of sp³-hybridized carbons (Fsp3) is 0.357. The van der Waals surface area contributed by atoms with Gasteiger partial charge in [0.15, 0.2) is 6.10 Å². The highest BCUT2D eigenvalue weighted by molar-refractivity contribution is 5.97. The Bertz CT molecular complexity index is 576. The van der Waals surface area contributed by atoms with Crippen molar-refractivity contribution in [1.82, 2.24) is 20.9 Å². The Morgan fingerprint density at radius 1 is 1.22 bits per heavy atom. The second-order valence-electron chi connectivity index (χ2n) is 4.44. The van der Waals surface area contributed by atoms with Crippen LogP contribution in [0.15, 0.2) is 24.5 Å². The number of imide groups is 1. The SMILES string of the molecule is CNC(=O)NC(=O)C(C)OC(=O)CCNC(=O)c1ccncc1. The van der Waals surface area contributed by atoms with Crippen molar-refractivity contribution in [3.05, 3.63) is 30.1 Å². The molecule has 0 saturated carbocycles. The molecule has 0 fully saturated rings. The van der Waals surface area contributed by atoms with Crippen LogP contribution in [0.25, 0.3) is 0 Å². The Balaban J connectivity index is 2.30. The van der Waals surface area contributed by atoms with Crippen LogP contribution in [0.5, 0.6) is 0 Å². The van der Waals surface area contributed by atoms with Crippen LogP contribution < -0.4 is 16.0 Å². The lowest BCUT2D eigenvalue weighted by Crippen LogP contribution is -2.43. The predicted octanol–water partition coefficient (Wildman–Crippen LogP) is -0.411. The van der Waals surface area contributed by atoms with Gasteiger partial charge in [-0.25, -0.2) is 4.79 Å². The summed E-state index contributed by atoms with van der Waals surface area (Å²) in [5.41, 5.74) is 0.423. The van der Waals surface area contributed by atoms with Gasteiger partial charge in [-0.3, -0.25) is 24.7 Å². The van der Waals surface area contributed by atoms with E-state index in [-0.39, 0.29) is 18.9 Å². The molecule has 1 heterocycles. The lowest BCUT2D eigenvalue weighted by molar-refractivity contribution is -0.154. The van der Waals surface area contributed by atoms with Crippen LogP contribution in [0, 0.1) is 0 Å². The first-order valence-electron chi connectivity index (χ1n) is 6.84. The molecule has 0 spiro atoms. The third kappa shape index (κ3) is 6.55. The summed E-state index contributed by atoms with van der Waals surface area (Å²) in [7, 11) is 1.35. The molecule has 9 nitrogen and oxygen atoms in total. The zero-order valence-electron chi connectivity index (χ0n) is 12.8. The normalized spacial score (nSPS) is 11.0. The molecular formula is C14H18N4O5. The minimum Gasteiger partial charge on any atom is -0.452 e. The highest BCUT2D eigenvalue weighted by Gasteiger charge is 2.19. The summed E-state index contributed by atoms with van der Waals surface area (Å²) < 4.78 is 4.85. The van der Waals surface area contributed by atoms with Gasteiger partial charge in [-0.05, 0) is 19.1 Å². The Hall–Kier alpha value is -2.97. The Morgan fingerprint density at radius 2 is 1.87 bits per heavy atom. The van der Waals surface area contributed by atoms with Crippen molar-refractivity contribution in [1.29, 1.82) is 0 Å². The number of nitrogens with zero attached hydrogens (tertiary/aromatic N) is 1. The van der Waals surface area contributed by atoms with Crippen LogP contribution in [0.4, 0.5) is 4.79 Å². The van der Waals surface area contributed by atoms with Crippen LogP contribution in [0.1, 0.15) is 23.7 Å². The zero-order valence-corrected chi connectivity index (χ0v) is 12.8. The number of pyridine rings is 1. The molecule has 1 aromatic heterocycles. The first kappa shape index (κ1) is 18.1. The number of rotatable bonds is 6. The molecule has 0 aliphatic carbocycles. The summed E-state index contributed by atoms with van der Waals surface area (Å²) in [5, 5.41) is 6.73. The van der Waals surface area contributed by atoms with Crippen LogP contribution >= 0.6 is 0 Å². The minimum absolute atomic E-state index is 0.0593. The third-order valence-corrected chi connectivity index (χ3v) is 2.70. The summed E-state index contributed by atoms with van der Waals surface area (Å²) in [6, 6.07) is 2.39. The zero-order chi connectivity index (χ0) is 17.2. The molecule has 0 aliphatic heterocycles. The fourth-order valence-electron chi connectivity index (χ4n) is 1.47. The summed E-state index contributed by atoms with van der Waals surface area (Å²) >= 11 is 0. The molecule has 3 N–H and O–H groups in total. The van der Waals surface area contributed by atoms with Gasteiger partial charge in [-0.1, -0.05) is 0 Å². The topological polar surface area (TPSA) is 126 Å². The van der Waals surface area contributed by atoms with Gasteiger partial charge in [0.2, 0.25) is 0 Å². The van der Waals surface area contributed by atoms with Crippen molar-refractivity contribution in [2.45, 2.75) is 19.4 Å². The van der Waals surface area contributed by atoms with Gasteiger partial charge < -0.3 is 15.4 Å². The molecule has 1 rings (SSSR count). The first-order chi connectivity index (χ1) is 10.9. The van der Waals surface area contributed by atoms with E-state index >= 15 is 0 Å². The van der Waals surface area contributed by atoms with Gasteiger partial charge in [-0.2, -0.15) is 0 Å². The maximum absolute atomic E-state index is 11.7. The molecule has 1 aromatic rings. The first-order valence-corrected chi connectivity index (χ1v) is 6.84. The maximum atomic E-state index is 11.7. The summed E-state index contributed by atoms with van der Waals surface area (Å²) in [6.07, 6.45) is 1.75. The number of nitrogens with one attached hydrogen (secondary N) is 3. The maximum Gasteiger partial charge on any atom is 0.321 e. The van der Waals surface area contributed by atoms with Gasteiger partial charge in [0.05, 0.1) is 6.42 Å². The Labute approximate surface area is 132 Å². The second-order valence-corrected chi connectivity index (χ2v) is 4.44. The molecule has 0 bridgehead atoms. The van der Waals surface area contributed by atoms with Crippen LogP contribution in [-0.4, -0.2) is 48.5 Å². The van der Waals surface area contributed by atoms with E-state index in [1.165, 1.54) is 26.4 Å². The Morgan fingerprint density at radius 3 is 2.48 bits per heavy atom. The summed E-state index contributed by atoms with van der Waals surface area (Å²) in [6.45, 7) is 1.40. The van der Waals surface area contributed by atoms with E-state index in [0.29, 0.717) is 5.56 Å². The Kier molecular flexibility index (Phi) is 7.18.